The Balaban J connectivity index is 2.93. The topological polar surface area (TPSA) is 36.9 Å². The normalized spacial score (nSPS) is 12.3. The molecule has 0 N–H and O–H groups in total. The van der Waals surface area contributed by atoms with Gasteiger partial charge in [-0.1, -0.05) is 0 Å². The molecule has 0 spiro atoms. The second kappa shape index (κ2) is 14.8. The lowest BCUT2D eigenvalue weighted by Gasteiger charge is -2.05. The van der Waals surface area contributed by atoms with Gasteiger partial charge in [0.25, 0.3) is 0 Å². The van der Waals surface area contributed by atoms with Crippen LogP contribution < -0.4 is 0 Å². The Morgan fingerprint density at radius 3 is 2.47 bits per heavy atom. The molecule has 0 aliphatic heterocycles. The minimum Gasteiger partial charge on any atom is -0.434 e. The molecule has 90 valence electrons. The largest absolute Gasteiger partial charge is 0.434 e. The molecule has 0 rings (SSSR count). The molecule has 0 aromatic rings. The van der Waals surface area contributed by atoms with E-state index in [1.54, 1.807) is 7.11 Å². The predicted molar refractivity (Wildman–Crippen MR) is 69.3 cm³/mol. The van der Waals surface area contributed by atoms with E-state index in [0.717, 1.165) is 6.42 Å². The summed E-state index contributed by atoms with van der Waals surface area (Å²) in [5.41, 5.74) is 0. The Labute approximate surface area is 98.2 Å². The number of hydrogen-bond acceptors (Lipinski definition) is 4. The second-order valence-corrected chi connectivity index (χ2v) is 4.30. The minimum absolute atomic E-state index is 0.401. The molecule has 0 heterocycles. The van der Waals surface area contributed by atoms with Gasteiger partial charge in [0.15, 0.2) is 0 Å². The van der Waals surface area contributed by atoms with Crippen LogP contribution in [-0.4, -0.2) is 55.3 Å². The number of ether oxygens (including phenoxy) is 3. The van der Waals surface area contributed by atoms with Gasteiger partial charge in [-0.25, -0.2) is 0 Å². The summed E-state index contributed by atoms with van der Waals surface area (Å²) in [6.45, 7) is 3.66. The summed E-state index contributed by atoms with van der Waals surface area (Å²) in [6.07, 6.45) is 0.822. The summed E-state index contributed by atoms with van der Waals surface area (Å²) in [4.78, 5) is 0. The van der Waals surface area contributed by atoms with Gasteiger partial charge in [0, 0.05) is 21.7 Å². The van der Waals surface area contributed by atoms with Gasteiger partial charge in [-0.2, -0.15) is 0 Å². The molecule has 2 unspecified atom stereocenters. The zero-order valence-corrected chi connectivity index (χ0v) is 11.4. The van der Waals surface area contributed by atoms with Crippen molar-refractivity contribution >= 4 is 24.2 Å². The lowest BCUT2D eigenvalue weighted by Crippen LogP contribution is -2.09. The van der Waals surface area contributed by atoms with Crippen LogP contribution in [0.4, 0.5) is 0 Å². The van der Waals surface area contributed by atoms with Gasteiger partial charge in [-0.05, 0) is 6.42 Å². The predicted octanol–water partition coefficient (Wildman–Crippen LogP) is 0.808. The Bertz CT molecular complexity index is 147. The minimum atomic E-state index is -0.401. The van der Waals surface area contributed by atoms with Gasteiger partial charge < -0.3 is 18.9 Å². The molecule has 0 fully saturated rings. The second-order valence-electron chi connectivity index (χ2n) is 2.73. The van der Waals surface area contributed by atoms with Gasteiger partial charge in [-0.3, -0.25) is 0 Å². The van der Waals surface area contributed by atoms with Crippen molar-refractivity contribution in [3.05, 3.63) is 0 Å². The Kier molecular flexibility index (Phi) is 13.6. The fourth-order valence-corrected chi connectivity index (χ4v) is 1.32. The molecule has 0 aromatic heterocycles. The first kappa shape index (κ1) is 13.8. The fourth-order valence-electron chi connectivity index (χ4n) is 0.816. The first-order valence-corrected chi connectivity index (χ1v) is 7.84. The van der Waals surface area contributed by atoms with E-state index in [4.69, 9.17) is 20.2 Å². The van der Waals surface area contributed by atoms with Crippen molar-refractivity contribution < 1.29 is 18.9 Å². The highest BCUT2D eigenvalue weighted by atomic mass is 32.0. The summed E-state index contributed by atoms with van der Waals surface area (Å²) in [6, 6.07) is 0. The van der Waals surface area contributed by atoms with E-state index in [1.165, 1.54) is 0 Å². The number of rotatable bonds is 12. The summed E-state index contributed by atoms with van der Waals surface area (Å²) >= 11 is 0. The van der Waals surface area contributed by atoms with Crippen molar-refractivity contribution in [1.29, 1.82) is 1.34 Å². The average Bonchev–Trinajstić information content (AvgIpc) is 2.31. The lowest BCUT2D eigenvalue weighted by atomic mass is 10.4. The summed E-state index contributed by atoms with van der Waals surface area (Å²) < 4.78 is 27.9. The molecule has 0 saturated heterocycles. The van der Waals surface area contributed by atoms with E-state index in [-0.39, 0.29) is 0 Å². The van der Waals surface area contributed by atoms with Crippen LogP contribution in [0.3, 0.4) is 0 Å². The third kappa shape index (κ3) is 14.8. The van der Waals surface area contributed by atoms with Gasteiger partial charge in [0.1, 0.15) is 0 Å². The number of hydrogen-bond donors (Lipinski definition) is 0. The molecular formula is C8H21BO4P2. The molecule has 0 aliphatic rings. The summed E-state index contributed by atoms with van der Waals surface area (Å²) in [5, 5.41) is 0. The SMILES string of the molecule is [2H]B(OCCCOCCOCCOC)PP. The molecule has 0 saturated carbocycles. The molecule has 0 radical (unpaired) electrons. The van der Waals surface area contributed by atoms with E-state index < -0.39 is 7.17 Å². The van der Waals surface area contributed by atoms with E-state index in [9.17, 15) is 0 Å². The molecule has 0 aliphatic carbocycles. The van der Waals surface area contributed by atoms with Gasteiger partial charge >= 0.3 is 7.17 Å². The van der Waals surface area contributed by atoms with Crippen LogP contribution in [0, 0.1) is 0 Å². The molecule has 0 bridgehead atoms. The quantitative estimate of drug-likeness (QED) is 0.294. The van der Waals surface area contributed by atoms with Crippen molar-refractivity contribution in [2.45, 2.75) is 6.42 Å². The van der Waals surface area contributed by atoms with Crippen LogP contribution in [-0.2, 0) is 18.9 Å². The Morgan fingerprint density at radius 2 is 1.80 bits per heavy atom. The van der Waals surface area contributed by atoms with Gasteiger partial charge in [-0.15, -0.1) is 17.1 Å². The highest BCUT2D eigenvalue weighted by molar-refractivity contribution is 8.17. The molecule has 0 aromatic carbocycles. The smallest absolute Gasteiger partial charge is 0.304 e. The average molecular weight is 255 g/mol. The summed E-state index contributed by atoms with van der Waals surface area (Å²) in [5.74, 6) is 0. The number of methoxy groups -OCH3 is 1. The van der Waals surface area contributed by atoms with E-state index in [1.807, 2.05) is 0 Å². The molecule has 0 amide bonds. The molecule has 7 heteroatoms. The van der Waals surface area contributed by atoms with Crippen LogP contribution in [0.15, 0.2) is 0 Å². The van der Waals surface area contributed by atoms with Crippen molar-refractivity contribution in [3.63, 3.8) is 0 Å². The van der Waals surface area contributed by atoms with Crippen molar-refractivity contribution in [2.24, 2.45) is 0 Å². The zero-order valence-electron chi connectivity index (χ0n) is 10.2. The van der Waals surface area contributed by atoms with E-state index >= 15 is 0 Å². The standard InChI is InChI=1S/C8H21BO4P2/c1-10-5-6-12-8-7-11-3-2-4-13-9-15-14/h9,15H,2-8,14H2,1H3/i9D. The van der Waals surface area contributed by atoms with E-state index in [2.05, 4.69) is 8.93 Å². The fraction of sp³-hybridized carbons (Fsp3) is 1.00. The maximum atomic E-state index is 7.33. The molecule has 4 nitrogen and oxygen atoms in total. The van der Waals surface area contributed by atoms with Crippen LogP contribution in [0.1, 0.15) is 6.42 Å². The van der Waals surface area contributed by atoms with Crippen LogP contribution in [0.5, 0.6) is 0 Å². The molecule has 15 heavy (non-hydrogen) atoms. The third-order valence-electron chi connectivity index (χ3n) is 1.51. The van der Waals surface area contributed by atoms with Crippen molar-refractivity contribution in [2.75, 3.05) is 46.8 Å². The van der Waals surface area contributed by atoms with Crippen LogP contribution in [0.2, 0.25) is 0 Å². The van der Waals surface area contributed by atoms with Crippen LogP contribution in [0.25, 0.3) is 0 Å². The van der Waals surface area contributed by atoms with E-state index in [0.29, 0.717) is 47.8 Å². The molecule has 2 atom stereocenters. The van der Waals surface area contributed by atoms with Crippen molar-refractivity contribution in [3.8, 4) is 0 Å². The first-order chi connectivity index (χ1) is 7.81. The highest BCUT2D eigenvalue weighted by Crippen LogP contribution is 2.16. The molecular weight excluding hydrogens is 233 g/mol. The highest BCUT2D eigenvalue weighted by Gasteiger charge is 1.91. The lowest BCUT2D eigenvalue weighted by molar-refractivity contribution is 0.0225. The van der Waals surface area contributed by atoms with Crippen molar-refractivity contribution in [1.82, 2.24) is 0 Å². The van der Waals surface area contributed by atoms with Gasteiger partial charge in [0.2, 0.25) is 0 Å². The summed E-state index contributed by atoms with van der Waals surface area (Å²) in [7, 11) is 4.19. The zero-order chi connectivity index (χ0) is 12.1. The van der Waals surface area contributed by atoms with Gasteiger partial charge in [0.05, 0.1) is 26.4 Å². The maximum absolute atomic E-state index is 7.33. The third-order valence-corrected chi connectivity index (χ3v) is 2.22. The Hall–Kier alpha value is 0.765. The first-order valence-electron chi connectivity index (χ1n) is 5.53. The maximum Gasteiger partial charge on any atom is 0.304 e. The Morgan fingerprint density at radius 1 is 1.13 bits per heavy atom. The van der Waals surface area contributed by atoms with Crippen LogP contribution >= 0.6 is 17.1 Å². The monoisotopic (exact) mass is 255 g/mol.